The average molecular weight is 203 g/mol. The summed E-state index contributed by atoms with van der Waals surface area (Å²) >= 11 is 5.51. The van der Waals surface area contributed by atoms with E-state index in [-0.39, 0.29) is 5.02 Å². The van der Waals surface area contributed by atoms with E-state index in [1.54, 1.807) is 6.07 Å². The van der Waals surface area contributed by atoms with Crippen LogP contribution in [0.3, 0.4) is 0 Å². The van der Waals surface area contributed by atoms with Gasteiger partial charge in [-0.1, -0.05) is 24.9 Å². The third kappa shape index (κ3) is 3.23. The molecule has 0 amide bonds. The van der Waals surface area contributed by atoms with Crippen molar-refractivity contribution in [2.45, 2.75) is 19.8 Å². The van der Waals surface area contributed by atoms with Crippen LogP contribution < -0.4 is 4.74 Å². The monoisotopic (exact) mass is 202 g/mol. The third-order valence-corrected chi connectivity index (χ3v) is 1.96. The molecule has 0 aliphatic heterocycles. The van der Waals surface area contributed by atoms with E-state index in [1.165, 1.54) is 12.1 Å². The Hall–Kier alpha value is -0.760. The summed E-state index contributed by atoms with van der Waals surface area (Å²) in [5.41, 5.74) is 0. The van der Waals surface area contributed by atoms with Crippen molar-refractivity contribution in [2.24, 2.45) is 0 Å². The lowest BCUT2D eigenvalue weighted by Crippen LogP contribution is -1.96. The first-order valence-electron chi connectivity index (χ1n) is 4.32. The standard InChI is InChI=1S/C10H12ClFO/c1-2-3-6-13-8-4-5-9(11)10(12)7-8/h4-5,7H,2-3,6H2,1H3. The van der Waals surface area contributed by atoms with Gasteiger partial charge >= 0.3 is 0 Å². The van der Waals surface area contributed by atoms with E-state index < -0.39 is 5.82 Å². The molecular formula is C10H12ClFO. The zero-order valence-electron chi connectivity index (χ0n) is 7.52. The van der Waals surface area contributed by atoms with E-state index in [0.717, 1.165) is 12.8 Å². The van der Waals surface area contributed by atoms with E-state index in [4.69, 9.17) is 16.3 Å². The Morgan fingerprint density at radius 2 is 2.23 bits per heavy atom. The number of ether oxygens (including phenoxy) is 1. The van der Waals surface area contributed by atoms with Crippen molar-refractivity contribution in [1.29, 1.82) is 0 Å². The van der Waals surface area contributed by atoms with Gasteiger partial charge < -0.3 is 4.74 Å². The third-order valence-electron chi connectivity index (χ3n) is 1.66. The lowest BCUT2D eigenvalue weighted by molar-refractivity contribution is 0.308. The average Bonchev–Trinajstić information content (AvgIpc) is 2.12. The molecule has 0 heterocycles. The topological polar surface area (TPSA) is 9.23 Å². The quantitative estimate of drug-likeness (QED) is 0.678. The highest BCUT2D eigenvalue weighted by atomic mass is 35.5. The number of benzene rings is 1. The predicted molar refractivity (Wildman–Crippen MR) is 51.8 cm³/mol. The van der Waals surface area contributed by atoms with Crippen LogP contribution in [0.2, 0.25) is 5.02 Å². The molecule has 13 heavy (non-hydrogen) atoms. The Labute approximate surface area is 82.5 Å². The Morgan fingerprint density at radius 1 is 1.46 bits per heavy atom. The van der Waals surface area contributed by atoms with E-state index in [9.17, 15) is 4.39 Å². The molecule has 0 bridgehead atoms. The fourth-order valence-electron chi connectivity index (χ4n) is 0.901. The number of unbranched alkanes of at least 4 members (excludes halogenated alkanes) is 1. The van der Waals surface area contributed by atoms with Crippen LogP contribution in [0.1, 0.15) is 19.8 Å². The summed E-state index contributed by atoms with van der Waals surface area (Å²) in [6, 6.07) is 4.47. The molecule has 1 rings (SSSR count). The molecule has 0 fully saturated rings. The van der Waals surface area contributed by atoms with Crippen LogP contribution in [0.4, 0.5) is 4.39 Å². The predicted octanol–water partition coefficient (Wildman–Crippen LogP) is 3.66. The Morgan fingerprint density at radius 3 is 2.85 bits per heavy atom. The van der Waals surface area contributed by atoms with Crippen molar-refractivity contribution < 1.29 is 9.13 Å². The van der Waals surface area contributed by atoms with Crippen LogP contribution in [-0.4, -0.2) is 6.61 Å². The molecule has 1 aromatic carbocycles. The minimum absolute atomic E-state index is 0.128. The molecule has 0 saturated heterocycles. The lowest BCUT2D eigenvalue weighted by atomic mass is 10.3. The second kappa shape index (κ2) is 5.07. The maximum Gasteiger partial charge on any atom is 0.145 e. The lowest BCUT2D eigenvalue weighted by Gasteiger charge is -2.05. The van der Waals surface area contributed by atoms with Crippen molar-refractivity contribution >= 4 is 11.6 Å². The van der Waals surface area contributed by atoms with Crippen molar-refractivity contribution in [1.82, 2.24) is 0 Å². The summed E-state index contributed by atoms with van der Waals surface area (Å²) < 4.78 is 18.2. The van der Waals surface area contributed by atoms with Crippen LogP contribution in [-0.2, 0) is 0 Å². The Kier molecular flexibility index (Phi) is 4.03. The molecule has 1 nitrogen and oxygen atoms in total. The summed E-state index contributed by atoms with van der Waals surface area (Å²) in [5, 5.41) is 0.128. The van der Waals surface area contributed by atoms with Gasteiger partial charge in [-0.2, -0.15) is 0 Å². The van der Waals surface area contributed by atoms with Crippen molar-refractivity contribution in [3.8, 4) is 5.75 Å². The summed E-state index contributed by atoms with van der Waals surface area (Å²) in [5.74, 6) is 0.103. The van der Waals surface area contributed by atoms with Gasteiger partial charge in [0.1, 0.15) is 11.6 Å². The second-order valence-corrected chi connectivity index (χ2v) is 3.19. The second-order valence-electron chi connectivity index (χ2n) is 2.78. The van der Waals surface area contributed by atoms with Gasteiger partial charge in [-0.25, -0.2) is 4.39 Å². The molecule has 3 heteroatoms. The van der Waals surface area contributed by atoms with E-state index in [1.807, 2.05) is 0 Å². The molecule has 72 valence electrons. The van der Waals surface area contributed by atoms with E-state index in [0.29, 0.717) is 12.4 Å². The largest absolute Gasteiger partial charge is 0.493 e. The number of halogens is 2. The summed E-state index contributed by atoms with van der Waals surface area (Å²) in [6.45, 7) is 2.70. The maximum absolute atomic E-state index is 12.9. The van der Waals surface area contributed by atoms with Crippen LogP contribution in [0, 0.1) is 5.82 Å². The van der Waals surface area contributed by atoms with Crippen LogP contribution in [0.15, 0.2) is 18.2 Å². The molecule has 0 N–H and O–H groups in total. The van der Waals surface area contributed by atoms with Gasteiger partial charge in [0.25, 0.3) is 0 Å². The van der Waals surface area contributed by atoms with E-state index in [2.05, 4.69) is 6.92 Å². The SMILES string of the molecule is CCCCOc1ccc(Cl)c(F)c1. The number of hydrogen-bond donors (Lipinski definition) is 0. The van der Waals surface area contributed by atoms with Gasteiger partial charge in [0.05, 0.1) is 11.6 Å². The zero-order chi connectivity index (χ0) is 9.68. The Bertz CT molecular complexity index is 276. The molecule has 0 spiro atoms. The maximum atomic E-state index is 12.9. The highest BCUT2D eigenvalue weighted by molar-refractivity contribution is 6.30. The van der Waals surface area contributed by atoms with Gasteiger partial charge in [0, 0.05) is 6.07 Å². The minimum Gasteiger partial charge on any atom is -0.493 e. The zero-order valence-corrected chi connectivity index (χ0v) is 8.27. The first-order valence-corrected chi connectivity index (χ1v) is 4.69. The molecular weight excluding hydrogens is 191 g/mol. The normalized spacial score (nSPS) is 10.1. The molecule has 0 atom stereocenters. The van der Waals surface area contributed by atoms with Crippen molar-refractivity contribution in [3.63, 3.8) is 0 Å². The van der Waals surface area contributed by atoms with Gasteiger partial charge in [-0.05, 0) is 18.6 Å². The summed E-state index contributed by atoms with van der Waals surface area (Å²) in [7, 11) is 0. The van der Waals surface area contributed by atoms with Crippen LogP contribution >= 0.6 is 11.6 Å². The molecule has 0 saturated carbocycles. The van der Waals surface area contributed by atoms with Gasteiger partial charge in [0.2, 0.25) is 0 Å². The van der Waals surface area contributed by atoms with Crippen molar-refractivity contribution in [2.75, 3.05) is 6.61 Å². The minimum atomic E-state index is -0.435. The fourth-order valence-corrected chi connectivity index (χ4v) is 1.02. The van der Waals surface area contributed by atoms with Gasteiger partial charge in [0.15, 0.2) is 0 Å². The van der Waals surface area contributed by atoms with Gasteiger partial charge in [-0.3, -0.25) is 0 Å². The molecule has 0 radical (unpaired) electrons. The highest BCUT2D eigenvalue weighted by Gasteiger charge is 2.00. The molecule has 1 aromatic rings. The smallest absolute Gasteiger partial charge is 0.145 e. The summed E-state index contributed by atoms with van der Waals surface area (Å²) in [6.07, 6.45) is 2.04. The van der Waals surface area contributed by atoms with Crippen LogP contribution in [0.25, 0.3) is 0 Å². The first-order chi connectivity index (χ1) is 6.24. The Balaban J connectivity index is 2.53. The van der Waals surface area contributed by atoms with E-state index >= 15 is 0 Å². The first kappa shape index (κ1) is 10.3. The van der Waals surface area contributed by atoms with Gasteiger partial charge in [-0.15, -0.1) is 0 Å². The molecule has 0 aliphatic rings. The van der Waals surface area contributed by atoms with Crippen LogP contribution in [0.5, 0.6) is 5.75 Å². The number of hydrogen-bond acceptors (Lipinski definition) is 1. The number of rotatable bonds is 4. The fraction of sp³-hybridized carbons (Fsp3) is 0.400. The van der Waals surface area contributed by atoms with Crippen molar-refractivity contribution in [3.05, 3.63) is 29.0 Å². The molecule has 0 unspecified atom stereocenters. The highest BCUT2D eigenvalue weighted by Crippen LogP contribution is 2.20. The summed E-state index contributed by atoms with van der Waals surface area (Å²) in [4.78, 5) is 0. The molecule has 0 aromatic heterocycles. The molecule has 0 aliphatic carbocycles.